The van der Waals surface area contributed by atoms with Gasteiger partial charge in [-0.3, -0.25) is 0 Å². The fourth-order valence-electron chi connectivity index (χ4n) is 2.41. The Kier molecular flexibility index (Phi) is 4.03. The molecule has 0 bridgehead atoms. The maximum absolute atomic E-state index is 13.5. The average molecular weight is 293 g/mol. The van der Waals surface area contributed by atoms with Crippen LogP contribution in [0, 0.1) is 5.82 Å². The maximum Gasteiger partial charge on any atom is 0.196 e. The lowest BCUT2D eigenvalue weighted by Crippen LogP contribution is -2.02. The highest BCUT2D eigenvalue weighted by atomic mass is 32.2. The Balaban J connectivity index is 1.88. The van der Waals surface area contributed by atoms with Crippen molar-refractivity contribution in [3.8, 4) is 0 Å². The number of rotatable bonds is 3. The van der Waals surface area contributed by atoms with Gasteiger partial charge < -0.3 is 9.67 Å². The Hall–Kier alpha value is -1.40. The lowest BCUT2D eigenvalue weighted by Gasteiger charge is -2.07. The third kappa shape index (κ3) is 2.86. The van der Waals surface area contributed by atoms with Crippen molar-refractivity contribution in [2.75, 3.05) is 0 Å². The summed E-state index contributed by atoms with van der Waals surface area (Å²) in [5, 5.41) is 18.4. The normalized spacial score (nSPS) is 14.9. The molecule has 3 rings (SSSR count). The van der Waals surface area contributed by atoms with E-state index in [9.17, 15) is 4.39 Å². The lowest BCUT2D eigenvalue weighted by molar-refractivity contribution is 0.281. The van der Waals surface area contributed by atoms with Crippen LogP contribution in [0.5, 0.6) is 0 Å². The van der Waals surface area contributed by atoms with Gasteiger partial charge in [-0.2, -0.15) is 0 Å². The van der Waals surface area contributed by atoms with Gasteiger partial charge in [-0.05, 0) is 48.4 Å². The fraction of sp³-hybridized carbons (Fsp3) is 0.429. The molecule has 0 fully saturated rings. The van der Waals surface area contributed by atoms with Crippen molar-refractivity contribution < 1.29 is 9.50 Å². The van der Waals surface area contributed by atoms with E-state index in [-0.39, 0.29) is 12.4 Å². The first kappa shape index (κ1) is 13.6. The molecule has 0 atom stereocenters. The molecule has 1 N–H and O–H groups in total. The van der Waals surface area contributed by atoms with Gasteiger partial charge in [0.05, 0.1) is 6.61 Å². The van der Waals surface area contributed by atoms with Gasteiger partial charge in [0.2, 0.25) is 0 Å². The van der Waals surface area contributed by atoms with Crippen LogP contribution in [0.3, 0.4) is 0 Å². The number of aromatic nitrogens is 3. The molecular formula is C14H16FN3OS. The van der Waals surface area contributed by atoms with Gasteiger partial charge in [-0.25, -0.2) is 4.39 Å². The molecule has 0 unspecified atom stereocenters. The Bertz CT molecular complexity index is 614. The predicted molar refractivity (Wildman–Crippen MR) is 74.0 cm³/mol. The molecule has 0 amide bonds. The van der Waals surface area contributed by atoms with Gasteiger partial charge >= 0.3 is 0 Å². The summed E-state index contributed by atoms with van der Waals surface area (Å²) in [6, 6.07) is 4.59. The first-order valence-electron chi connectivity index (χ1n) is 6.76. The van der Waals surface area contributed by atoms with Crippen molar-refractivity contribution in [2.45, 2.75) is 48.9 Å². The topological polar surface area (TPSA) is 50.9 Å². The molecule has 0 saturated heterocycles. The second kappa shape index (κ2) is 5.93. The monoisotopic (exact) mass is 293 g/mol. The molecule has 1 aromatic carbocycles. The molecule has 1 aliphatic rings. The molecule has 106 valence electrons. The van der Waals surface area contributed by atoms with E-state index in [0.717, 1.165) is 41.7 Å². The minimum atomic E-state index is -0.338. The highest BCUT2D eigenvalue weighted by Gasteiger charge is 2.16. The Labute approximate surface area is 121 Å². The summed E-state index contributed by atoms with van der Waals surface area (Å²) in [6.07, 6.45) is 4.45. The minimum Gasteiger partial charge on any atom is -0.392 e. The molecule has 0 aliphatic carbocycles. The van der Waals surface area contributed by atoms with Crippen LogP contribution in [0.1, 0.15) is 30.7 Å². The number of hydrogen-bond acceptors (Lipinski definition) is 4. The molecule has 1 aliphatic heterocycles. The summed E-state index contributed by atoms with van der Waals surface area (Å²) in [6.45, 7) is 0.760. The van der Waals surface area contributed by atoms with E-state index >= 15 is 0 Å². The first-order valence-corrected chi connectivity index (χ1v) is 7.58. The second-order valence-electron chi connectivity index (χ2n) is 4.92. The van der Waals surface area contributed by atoms with E-state index in [1.807, 2.05) is 0 Å². The van der Waals surface area contributed by atoms with Crippen molar-refractivity contribution in [3.05, 3.63) is 35.4 Å². The summed E-state index contributed by atoms with van der Waals surface area (Å²) in [4.78, 5) is 0.744. The highest BCUT2D eigenvalue weighted by Crippen LogP contribution is 2.29. The second-order valence-corrected chi connectivity index (χ2v) is 5.96. The van der Waals surface area contributed by atoms with Crippen molar-refractivity contribution in [2.24, 2.45) is 0 Å². The van der Waals surface area contributed by atoms with Crippen LogP contribution in [-0.4, -0.2) is 19.9 Å². The van der Waals surface area contributed by atoms with Gasteiger partial charge in [0.15, 0.2) is 5.16 Å². The third-order valence-corrected chi connectivity index (χ3v) is 4.35. The zero-order valence-corrected chi connectivity index (χ0v) is 11.9. The molecule has 0 spiro atoms. The Morgan fingerprint density at radius 1 is 1.20 bits per heavy atom. The number of aryl methyl sites for hydroxylation is 1. The van der Waals surface area contributed by atoms with E-state index in [1.165, 1.54) is 30.3 Å². The Morgan fingerprint density at radius 3 is 2.95 bits per heavy atom. The first-order chi connectivity index (χ1) is 9.76. The fourth-order valence-corrected chi connectivity index (χ4v) is 3.39. The largest absolute Gasteiger partial charge is 0.392 e. The molecule has 0 radical (unpaired) electrons. The molecular weight excluding hydrogens is 277 g/mol. The number of hydrogen-bond donors (Lipinski definition) is 1. The van der Waals surface area contributed by atoms with Gasteiger partial charge in [-0.15, -0.1) is 10.2 Å². The average Bonchev–Trinajstić information content (AvgIpc) is 2.67. The zero-order valence-electron chi connectivity index (χ0n) is 11.0. The molecule has 6 heteroatoms. The lowest BCUT2D eigenvalue weighted by atomic mass is 10.2. The van der Waals surface area contributed by atoms with Crippen molar-refractivity contribution in [1.82, 2.24) is 14.8 Å². The number of halogens is 1. The van der Waals surface area contributed by atoms with E-state index in [2.05, 4.69) is 14.8 Å². The third-order valence-electron chi connectivity index (χ3n) is 3.40. The standard InChI is InChI=1S/C14H16FN3OS/c15-11-6-10(9-19)7-12(8-11)20-14-17-16-13-4-2-1-3-5-18(13)14/h6-8,19H,1-5,9H2. The Morgan fingerprint density at radius 2 is 2.10 bits per heavy atom. The van der Waals surface area contributed by atoms with E-state index < -0.39 is 0 Å². The summed E-state index contributed by atoms with van der Waals surface area (Å²) < 4.78 is 15.6. The quantitative estimate of drug-likeness (QED) is 0.945. The summed E-state index contributed by atoms with van der Waals surface area (Å²) >= 11 is 1.40. The number of nitrogens with zero attached hydrogens (tertiary/aromatic N) is 3. The molecule has 1 aromatic heterocycles. The van der Waals surface area contributed by atoms with Crippen molar-refractivity contribution >= 4 is 11.8 Å². The zero-order chi connectivity index (χ0) is 13.9. The summed E-state index contributed by atoms with van der Waals surface area (Å²) in [5.41, 5.74) is 0.572. The van der Waals surface area contributed by atoms with E-state index in [4.69, 9.17) is 5.11 Å². The van der Waals surface area contributed by atoms with Crippen molar-refractivity contribution in [1.29, 1.82) is 0 Å². The molecule has 0 saturated carbocycles. The smallest absolute Gasteiger partial charge is 0.196 e. The number of fused-ring (bicyclic) bond motifs is 1. The molecule has 2 aromatic rings. The van der Waals surface area contributed by atoms with Crippen LogP contribution in [0.4, 0.5) is 4.39 Å². The molecule has 20 heavy (non-hydrogen) atoms. The summed E-state index contributed by atoms with van der Waals surface area (Å²) in [7, 11) is 0. The van der Waals surface area contributed by atoms with Crippen LogP contribution in [0.2, 0.25) is 0 Å². The number of benzene rings is 1. The van der Waals surface area contributed by atoms with Crippen LogP contribution in [0.25, 0.3) is 0 Å². The predicted octanol–water partition coefficient (Wildman–Crippen LogP) is 2.79. The maximum atomic E-state index is 13.5. The highest BCUT2D eigenvalue weighted by molar-refractivity contribution is 7.99. The van der Waals surface area contributed by atoms with Gasteiger partial charge in [-0.1, -0.05) is 6.42 Å². The van der Waals surface area contributed by atoms with Crippen LogP contribution < -0.4 is 0 Å². The molecule has 2 heterocycles. The molecule has 4 nitrogen and oxygen atoms in total. The van der Waals surface area contributed by atoms with Crippen LogP contribution in [0.15, 0.2) is 28.3 Å². The van der Waals surface area contributed by atoms with Gasteiger partial charge in [0.25, 0.3) is 0 Å². The van der Waals surface area contributed by atoms with E-state index in [1.54, 1.807) is 6.07 Å². The summed E-state index contributed by atoms with van der Waals surface area (Å²) in [5.74, 6) is 0.679. The van der Waals surface area contributed by atoms with Gasteiger partial charge in [0, 0.05) is 17.9 Å². The SMILES string of the molecule is OCc1cc(F)cc(Sc2nnc3n2CCCCC3)c1. The minimum absolute atomic E-state index is 0.163. The number of aliphatic hydroxyl groups is 1. The number of aliphatic hydroxyl groups excluding tert-OH is 1. The van der Waals surface area contributed by atoms with Crippen LogP contribution >= 0.6 is 11.8 Å². The van der Waals surface area contributed by atoms with Gasteiger partial charge in [0.1, 0.15) is 11.6 Å². The van der Waals surface area contributed by atoms with E-state index in [0.29, 0.717) is 5.56 Å². The van der Waals surface area contributed by atoms with Crippen molar-refractivity contribution in [3.63, 3.8) is 0 Å². The van der Waals surface area contributed by atoms with Crippen LogP contribution in [-0.2, 0) is 19.6 Å².